The first kappa shape index (κ1) is 15.6. The fourth-order valence-electron chi connectivity index (χ4n) is 2.70. The van der Waals surface area contributed by atoms with Crippen LogP contribution in [0.25, 0.3) is 0 Å². The summed E-state index contributed by atoms with van der Waals surface area (Å²) in [5.74, 6) is -0.486. The molecule has 0 aromatic carbocycles. The summed E-state index contributed by atoms with van der Waals surface area (Å²) >= 11 is 0. The van der Waals surface area contributed by atoms with Gasteiger partial charge in [-0.3, -0.25) is 9.59 Å². The van der Waals surface area contributed by atoms with Crippen LogP contribution >= 0.6 is 0 Å². The van der Waals surface area contributed by atoms with Crippen molar-refractivity contribution in [3.63, 3.8) is 0 Å². The average molecular weight is 294 g/mol. The van der Waals surface area contributed by atoms with E-state index in [-0.39, 0.29) is 30.2 Å². The van der Waals surface area contributed by atoms with Crippen molar-refractivity contribution in [2.45, 2.75) is 32.1 Å². The Balaban J connectivity index is 1.73. The number of aliphatic hydroxyl groups is 1. The van der Waals surface area contributed by atoms with Gasteiger partial charge in [-0.1, -0.05) is 19.3 Å². The number of hydrogen-bond donors (Lipinski definition) is 3. The summed E-state index contributed by atoms with van der Waals surface area (Å²) in [6.07, 6.45) is 6.64. The van der Waals surface area contributed by atoms with Crippen molar-refractivity contribution < 1.29 is 19.1 Å². The highest BCUT2D eigenvalue weighted by Gasteiger charge is 2.31. The third-order valence-corrected chi connectivity index (χ3v) is 4.06. The fourth-order valence-corrected chi connectivity index (χ4v) is 2.70. The lowest BCUT2D eigenvalue weighted by Gasteiger charge is -2.35. The molecule has 1 aromatic heterocycles. The van der Waals surface area contributed by atoms with E-state index >= 15 is 0 Å². The maximum Gasteiger partial charge on any atom is 0.287 e. The Morgan fingerprint density at radius 3 is 2.62 bits per heavy atom. The van der Waals surface area contributed by atoms with Gasteiger partial charge in [0.25, 0.3) is 5.91 Å². The molecular weight excluding hydrogens is 272 g/mol. The van der Waals surface area contributed by atoms with Crippen LogP contribution in [0.5, 0.6) is 0 Å². The second-order valence-electron chi connectivity index (χ2n) is 5.66. The third kappa shape index (κ3) is 4.32. The zero-order valence-electron chi connectivity index (χ0n) is 12.1. The van der Waals surface area contributed by atoms with Gasteiger partial charge in [-0.05, 0) is 25.0 Å². The molecule has 116 valence electrons. The van der Waals surface area contributed by atoms with E-state index in [4.69, 9.17) is 4.42 Å². The normalized spacial score (nSPS) is 17.2. The molecule has 0 aliphatic heterocycles. The van der Waals surface area contributed by atoms with Crippen LogP contribution in [-0.4, -0.2) is 36.6 Å². The first-order chi connectivity index (χ1) is 10.2. The lowest BCUT2D eigenvalue weighted by molar-refractivity contribution is -0.121. The Bertz CT molecular complexity index is 464. The number of furan rings is 1. The third-order valence-electron chi connectivity index (χ3n) is 4.06. The van der Waals surface area contributed by atoms with Crippen molar-refractivity contribution in [1.82, 2.24) is 10.6 Å². The molecule has 2 rings (SSSR count). The van der Waals surface area contributed by atoms with Crippen molar-refractivity contribution in [2.75, 3.05) is 19.7 Å². The van der Waals surface area contributed by atoms with Crippen molar-refractivity contribution in [2.24, 2.45) is 5.41 Å². The molecule has 1 aliphatic carbocycles. The molecule has 1 aromatic rings. The molecule has 0 atom stereocenters. The monoisotopic (exact) mass is 294 g/mol. The van der Waals surface area contributed by atoms with E-state index in [1.165, 1.54) is 18.8 Å². The largest absolute Gasteiger partial charge is 0.459 e. The minimum atomic E-state index is -0.412. The minimum absolute atomic E-state index is 0.0893. The van der Waals surface area contributed by atoms with Crippen LogP contribution in [0, 0.1) is 5.41 Å². The van der Waals surface area contributed by atoms with E-state index in [1.54, 1.807) is 6.07 Å². The molecule has 21 heavy (non-hydrogen) atoms. The Morgan fingerprint density at radius 1 is 1.24 bits per heavy atom. The van der Waals surface area contributed by atoms with Crippen LogP contribution in [-0.2, 0) is 4.79 Å². The summed E-state index contributed by atoms with van der Waals surface area (Å²) in [4.78, 5) is 23.4. The second kappa shape index (κ2) is 7.26. The van der Waals surface area contributed by atoms with Gasteiger partial charge in [-0.2, -0.15) is 0 Å². The van der Waals surface area contributed by atoms with Gasteiger partial charge < -0.3 is 20.2 Å². The molecule has 0 spiro atoms. The number of carbonyl (C=O) groups is 2. The van der Waals surface area contributed by atoms with Gasteiger partial charge in [-0.25, -0.2) is 0 Å². The first-order valence-corrected chi connectivity index (χ1v) is 7.34. The van der Waals surface area contributed by atoms with Crippen LogP contribution in [0.3, 0.4) is 0 Å². The predicted molar refractivity (Wildman–Crippen MR) is 76.7 cm³/mol. The number of aliphatic hydroxyl groups excluding tert-OH is 1. The maximum absolute atomic E-state index is 11.8. The van der Waals surface area contributed by atoms with Crippen molar-refractivity contribution in [3.05, 3.63) is 24.2 Å². The molecule has 3 N–H and O–H groups in total. The Morgan fingerprint density at radius 2 is 2.00 bits per heavy atom. The van der Waals surface area contributed by atoms with E-state index < -0.39 is 5.91 Å². The molecule has 0 bridgehead atoms. The number of carbonyl (C=O) groups excluding carboxylic acids is 2. The Labute approximate surface area is 123 Å². The topological polar surface area (TPSA) is 91.6 Å². The first-order valence-electron chi connectivity index (χ1n) is 7.34. The molecule has 1 heterocycles. The molecule has 0 unspecified atom stereocenters. The van der Waals surface area contributed by atoms with Crippen molar-refractivity contribution in [3.8, 4) is 0 Å². The van der Waals surface area contributed by atoms with Gasteiger partial charge in [0, 0.05) is 12.0 Å². The molecule has 6 heteroatoms. The summed E-state index contributed by atoms with van der Waals surface area (Å²) < 4.78 is 4.94. The van der Waals surface area contributed by atoms with Crippen LogP contribution in [0.4, 0.5) is 0 Å². The molecule has 0 saturated heterocycles. The second-order valence-corrected chi connectivity index (χ2v) is 5.66. The zero-order chi connectivity index (χ0) is 15.1. The Kier molecular flexibility index (Phi) is 5.38. The summed E-state index contributed by atoms with van der Waals surface area (Å²) in [6.45, 7) is 0.450. The van der Waals surface area contributed by atoms with Crippen LogP contribution in [0.15, 0.2) is 22.8 Å². The van der Waals surface area contributed by atoms with Crippen molar-refractivity contribution in [1.29, 1.82) is 0 Å². The summed E-state index contributed by atoms with van der Waals surface area (Å²) in [5.41, 5.74) is -0.196. The molecule has 2 amide bonds. The lowest BCUT2D eigenvalue weighted by Crippen LogP contribution is -2.44. The summed E-state index contributed by atoms with van der Waals surface area (Å²) in [6, 6.07) is 3.15. The number of nitrogens with one attached hydrogen (secondary N) is 2. The van der Waals surface area contributed by atoms with Gasteiger partial charge >= 0.3 is 0 Å². The Hall–Kier alpha value is -1.82. The number of rotatable bonds is 6. The van der Waals surface area contributed by atoms with Gasteiger partial charge in [0.05, 0.1) is 19.4 Å². The van der Waals surface area contributed by atoms with Gasteiger partial charge in [0.15, 0.2) is 5.76 Å². The highest BCUT2D eigenvalue weighted by Crippen LogP contribution is 2.35. The maximum atomic E-state index is 11.8. The molecule has 0 radical (unpaired) electrons. The van der Waals surface area contributed by atoms with Gasteiger partial charge in [-0.15, -0.1) is 0 Å². The summed E-state index contributed by atoms with van der Waals surface area (Å²) in [5, 5.41) is 14.9. The fraction of sp³-hybridized carbons (Fsp3) is 0.600. The summed E-state index contributed by atoms with van der Waals surface area (Å²) in [7, 11) is 0. The number of hydrogen-bond acceptors (Lipinski definition) is 4. The van der Waals surface area contributed by atoms with E-state index in [0.717, 1.165) is 25.7 Å². The van der Waals surface area contributed by atoms with E-state index in [1.807, 2.05) is 0 Å². The molecular formula is C15H22N2O4. The smallest absolute Gasteiger partial charge is 0.287 e. The quantitative estimate of drug-likeness (QED) is 0.732. The predicted octanol–water partition coefficient (Wildman–Crippen LogP) is 1.07. The zero-order valence-corrected chi connectivity index (χ0v) is 12.1. The van der Waals surface area contributed by atoms with Gasteiger partial charge in [0.2, 0.25) is 5.91 Å². The van der Waals surface area contributed by atoms with Gasteiger partial charge in [0.1, 0.15) is 0 Å². The molecule has 1 fully saturated rings. The van der Waals surface area contributed by atoms with Crippen molar-refractivity contribution >= 4 is 11.8 Å². The van der Waals surface area contributed by atoms with Crippen LogP contribution in [0.2, 0.25) is 0 Å². The van der Waals surface area contributed by atoms with Crippen LogP contribution in [0.1, 0.15) is 42.7 Å². The lowest BCUT2D eigenvalue weighted by atomic mass is 9.74. The number of amides is 2. The molecule has 1 aliphatic rings. The molecule has 1 saturated carbocycles. The van der Waals surface area contributed by atoms with E-state index in [2.05, 4.69) is 10.6 Å². The SMILES string of the molecule is O=C(CNC(=O)c1ccco1)NCC1(CO)CCCCC1. The highest BCUT2D eigenvalue weighted by atomic mass is 16.3. The average Bonchev–Trinajstić information content (AvgIpc) is 3.06. The van der Waals surface area contributed by atoms with Crippen LogP contribution < -0.4 is 10.6 Å². The minimum Gasteiger partial charge on any atom is -0.459 e. The molecule has 6 nitrogen and oxygen atoms in total. The van der Waals surface area contributed by atoms with E-state index in [9.17, 15) is 14.7 Å². The highest BCUT2D eigenvalue weighted by molar-refractivity contribution is 5.94. The van der Waals surface area contributed by atoms with E-state index in [0.29, 0.717) is 6.54 Å². The standard InChI is InChI=1S/C15H22N2O4/c18-11-15(6-2-1-3-7-15)10-17-13(19)9-16-14(20)12-5-4-8-21-12/h4-5,8,18H,1-3,6-7,9-11H2,(H,16,20)(H,17,19).